The fourth-order valence-electron chi connectivity index (χ4n) is 2.54. The summed E-state index contributed by atoms with van der Waals surface area (Å²) in [5.74, 6) is 0.387. The standard InChI is InChI=1S/C16H17NO4S/c1-20-15(18)10-22-12-6-7-17(9-12)16(19)14-8-11-4-2-3-5-13(11)21-14/h2-5,8,12H,6-7,9-10H2,1H3/t12-/m1/s1. The van der Waals surface area contributed by atoms with Gasteiger partial charge in [-0.2, -0.15) is 0 Å². The van der Waals surface area contributed by atoms with Crippen molar-refractivity contribution in [1.29, 1.82) is 0 Å². The van der Waals surface area contributed by atoms with E-state index in [9.17, 15) is 9.59 Å². The first-order valence-corrected chi connectivity index (χ1v) is 8.18. The van der Waals surface area contributed by atoms with E-state index in [-0.39, 0.29) is 17.1 Å². The van der Waals surface area contributed by atoms with Crippen molar-refractivity contribution in [3.63, 3.8) is 0 Å². The Balaban J connectivity index is 1.62. The molecule has 6 heteroatoms. The van der Waals surface area contributed by atoms with Gasteiger partial charge in [0.15, 0.2) is 5.76 Å². The van der Waals surface area contributed by atoms with E-state index in [1.165, 1.54) is 18.9 Å². The van der Waals surface area contributed by atoms with Crippen LogP contribution in [0.5, 0.6) is 0 Å². The van der Waals surface area contributed by atoms with Crippen molar-refractivity contribution in [2.24, 2.45) is 0 Å². The first-order chi connectivity index (χ1) is 10.7. The number of fused-ring (bicyclic) bond motifs is 1. The maximum Gasteiger partial charge on any atom is 0.315 e. The number of hydrogen-bond donors (Lipinski definition) is 0. The van der Waals surface area contributed by atoms with Crippen LogP contribution >= 0.6 is 11.8 Å². The second-order valence-electron chi connectivity index (χ2n) is 5.20. The van der Waals surface area contributed by atoms with E-state index in [4.69, 9.17) is 4.42 Å². The number of likely N-dealkylation sites (tertiary alicyclic amines) is 1. The van der Waals surface area contributed by atoms with Gasteiger partial charge in [0.2, 0.25) is 0 Å². The number of thioether (sulfide) groups is 1. The topological polar surface area (TPSA) is 59.8 Å². The van der Waals surface area contributed by atoms with Gasteiger partial charge in [-0.15, -0.1) is 11.8 Å². The SMILES string of the molecule is COC(=O)CS[C@@H]1CCN(C(=O)c2cc3ccccc3o2)C1. The Kier molecular flexibility index (Phi) is 4.38. The normalized spacial score (nSPS) is 17.9. The van der Waals surface area contributed by atoms with Crippen molar-refractivity contribution < 1.29 is 18.7 Å². The summed E-state index contributed by atoms with van der Waals surface area (Å²) in [4.78, 5) is 25.4. The maximum atomic E-state index is 12.5. The van der Waals surface area contributed by atoms with Crippen LogP contribution in [0.2, 0.25) is 0 Å². The number of amides is 1. The van der Waals surface area contributed by atoms with Gasteiger partial charge in [-0.1, -0.05) is 18.2 Å². The van der Waals surface area contributed by atoms with Crippen LogP contribution in [-0.2, 0) is 9.53 Å². The van der Waals surface area contributed by atoms with Gasteiger partial charge in [0, 0.05) is 23.7 Å². The smallest absolute Gasteiger partial charge is 0.315 e. The number of hydrogen-bond acceptors (Lipinski definition) is 5. The number of carbonyl (C=O) groups is 2. The van der Waals surface area contributed by atoms with Crippen LogP contribution in [0.15, 0.2) is 34.7 Å². The molecule has 1 amide bonds. The number of methoxy groups -OCH3 is 1. The number of para-hydroxylation sites is 1. The van der Waals surface area contributed by atoms with Gasteiger partial charge in [-0.25, -0.2) is 0 Å². The van der Waals surface area contributed by atoms with Crippen molar-refractivity contribution >= 4 is 34.6 Å². The van der Waals surface area contributed by atoms with E-state index in [1.807, 2.05) is 24.3 Å². The highest BCUT2D eigenvalue weighted by molar-refractivity contribution is 8.00. The van der Waals surface area contributed by atoms with Crippen LogP contribution in [0.25, 0.3) is 11.0 Å². The van der Waals surface area contributed by atoms with Crippen LogP contribution in [0.1, 0.15) is 17.0 Å². The Hall–Kier alpha value is -1.95. The molecule has 0 saturated carbocycles. The second kappa shape index (κ2) is 6.44. The summed E-state index contributed by atoms with van der Waals surface area (Å²) in [7, 11) is 1.38. The monoisotopic (exact) mass is 319 g/mol. The molecule has 3 rings (SSSR count). The molecule has 1 aliphatic heterocycles. The van der Waals surface area contributed by atoms with Crippen LogP contribution in [-0.4, -0.2) is 48.0 Å². The highest BCUT2D eigenvalue weighted by atomic mass is 32.2. The molecule has 1 aliphatic rings. The minimum atomic E-state index is -0.230. The fraction of sp³-hybridized carbons (Fsp3) is 0.375. The van der Waals surface area contributed by atoms with E-state index in [2.05, 4.69) is 4.74 Å². The molecule has 22 heavy (non-hydrogen) atoms. The summed E-state index contributed by atoms with van der Waals surface area (Å²) in [6, 6.07) is 9.36. The van der Waals surface area contributed by atoms with Gasteiger partial charge < -0.3 is 14.1 Å². The Morgan fingerprint density at radius 1 is 1.41 bits per heavy atom. The van der Waals surface area contributed by atoms with Crippen molar-refractivity contribution in [3.05, 3.63) is 36.1 Å². The number of carbonyl (C=O) groups excluding carboxylic acids is 2. The molecule has 0 bridgehead atoms. The molecule has 1 saturated heterocycles. The largest absolute Gasteiger partial charge is 0.468 e. The molecule has 0 spiro atoms. The summed E-state index contributed by atoms with van der Waals surface area (Å²) >= 11 is 1.54. The van der Waals surface area contributed by atoms with Gasteiger partial charge >= 0.3 is 5.97 Å². The van der Waals surface area contributed by atoms with Gasteiger partial charge in [0.05, 0.1) is 12.9 Å². The number of rotatable bonds is 4. The molecule has 0 aliphatic carbocycles. The van der Waals surface area contributed by atoms with Crippen LogP contribution in [0.4, 0.5) is 0 Å². The molecule has 0 N–H and O–H groups in total. The molecule has 0 radical (unpaired) electrons. The highest BCUT2D eigenvalue weighted by Gasteiger charge is 2.29. The molecular formula is C16H17NO4S. The number of nitrogens with zero attached hydrogens (tertiary/aromatic N) is 1. The second-order valence-corrected chi connectivity index (χ2v) is 6.49. The molecule has 1 aromatic carbocycles. The van der Waals surface area contributed by atoms with Crippen LogP contribution in [0.3, 0.4) is 0 Å². The summed E-state index contributed by atoms with van der Waals surface area (Å²) in [6.07, 6.45) is 0.883. The number of benzene rings is 1. The van der Waals surface area contributed by atoms with Crippen molar-refractivity contribution in [2.45, 2.75) is 11.7 Å². The van der Waals surface area contributed by atoms with Gasteiger partial charge in [-0.05, 0) is 18.6 Å². The Morgan fingerprint density at radius 2 is 2.23 bits per heavy atom. The zero-order valence-electron chi connectivity index (χ0n) is 12.3. The van der Waals surface area contributed by atoms with Crippen molar-refractivity contribution in [2.75, 3.05) is 26.0 Å². The molecule has 1 aromatic heterocycles. The summed E-state index contributed by atoms with van der Waals surface area (Å²) < 4.78 is 10.3. The lowest BCUT2D eigenvalue weighted by Gasteiger charge is -2.14. The summed E-state index contributed by atoms with van der Waals surface area (Å²) in [6.45, 7) is 1.33. The molecule has 1 fully saturated rings. The first-order valence-electron chi connectivity index (χ1n) is 7.13. The molecule has 0 unspecified atom stereocenters. The Bertz CT molecular complexity index is 663. The van der Waals surface area contributed by atoms with E-state index in [0.717, 1.165) is 17.4 Å². The third-order valence-electron chi connectivity index (χ3n) is 3.73. The zero-order chi connectivity index (χ0) is 15.5. The summed E-state index contributed by atoms with van der Waals surface area (Å²) in [5, 5.41) is 1.20. The fourth-order valence-corrected chi connectivity index (χ4v) is 3.58. The third-order valence-corrected chi connectivity index (χ3v) is 4.99. The lowest BCUT2D eigenvalue weighted by atomic mass is 10.2. The molecule has 116 valence electrons. The molecule has 1 atom stereocenters. The van der Waals surface area contributed by atoms with E-state index >= 15 is 0 Å². The van der Waals surface area contributed by atoms with Gasteiger partial charge in [0.1, 0.15) is 5.58 Å². The molecule has 2 heterocycles. The van der Waals surface area contributed by atoms with E-state index in [0.29, 0.717) is 24.6 Å². The van der Waals surface area contributed by atoms with Gasteiger partial charge in [0.25, 0.3) is 5.91 Å². The van der Waals surface area contributed by atoms with Crippen LogP contribution < -0.4 is 0 Å². The van der Waals surface area contributed by atoms with Crippen molar-refractivity contribution in [1.82, 2.24) is 4.90 Å². The number of ether oxygens (including phenoxy) is 1. The predicted octanol–water partition coefficient (Wildman–Crippen LogP) is 2.55. The summed E-state index contributed by atoms with van der Waals surface area (Å²) in [5.41, 5.74) is 0.724. The predicted molar refractivity (Wildman–Crippen MR) is 85.0 cm³/mol. The Labute approximate surface area is 132 Å². The number of furan rings is 1. The average molecular weight is 319 g/mol. The minimum Gasteiger partial charge on any atom is -0.468 e. The molecule has 2 aromatic rings. The Morgan fingerprint density at radius 3 is 3.00 bits per heavy atom. The van der Waals surface area contributed by atoms with Gasteiger partial charge in [-0.3, -0.25) is 9.59 Å². The highest BCUT2D eigenvalue weighted by Crippen LogP contribution is 2.26. The minimum absolute atomic E-state index is 0.0858. The lowest BCUT2D eigenvalue weighted by Crippen LogP contribution is -2.28. The third kappa shape index (κ3) is 3.11. The average Bonchev–Trinajstić information content (AvgIpc) is 3.18. The molecule has 5 nitrogen and oxygen atoms in total. The van der Waals surface area contributed by atoms with E-state index < -0.39 is 0 Å². The van der Waals surface area contributed by atoms with Crippen LogP contribution in [0, 0.1) is 0 Å². The zero-order valence-corrected chi connectivity index (χ0v) is 13.1. The lowest BCUT2D eigenvalue weighted by molar-refractivity contribution is -0.137. The number of esters is 1. The van der Waals surface area contributed by atoms with E-state index in [1.54, 1.807) is 11.0 Å². The quantitative estimate of drug-likeness (QED) is 0.811. The first kappa shape index (κ1) is 15.0. The maximum absolute atomic E-state index is 12.5. The molecular weight excluding hydrogens is 302 g/mol. The van der Waals surface area contributed by atoms with Crippen molar-refractivity contribution in [3.8, 4) is 0 Å².